The van der Waals surface area contributed by atoms with E-state index in [1.807, 2.05) is 13.8 Å². The Hall–Kier alpha value is -1.62. The van der Waals surface area contributed by atoms with Crippen LogP contribution in [0.15, 0.2) is 23.0 Å². The summed E-state index contributed by atoms with van der Waals surface area (Å²) in [5, 5.41) is 0. The maximum Gasteiger partial charge on any atom is 0.326 e. The molecule has 0 aliphatic carbocycles. The number of halogens is 1. The van der Waals surface area contributed by atoms with Crippen LogP contribution in [0.4, 0.5) is 4.39 Å². The number of fused-ring (bicyclic) bond motifs is 1. The molecule has 1 heterocycles. The number of hydrogen-bond acceptors (Lipinski definition) is 2. The largest absolute Gasteiger partial charge is 0.330 e. The van der Waals surface area contributed by atoms with Gasteiger partial charge in [-0.2, -0.15) is 0 Å². The van der Waals surface area contributed by atoms with Crippen molar-refractivity contribution in [3.63, 3.8) is 0 Å². The first-order valence-corrected chi connectivity index (χ1v) is 5.56. The molecular formula is C12H16FN3O. The Kier molecular flexibility index (Phi) is 2.79. The predicted octanol–water partition coefficient (Wildman–Crippen LogP) is 1.55. The monoisotopic (exact) mass is 237 g/mol. The first-order valence-electron chi connectivity index (χ1n) is 5.56. The van der Waals surface area contributed by atoms with Gasteiger partial charge < -0.3 is 10.7 Å². The molecule has 1 aromatic heterocycles. The summed E-state index contributed by atoms with van der Waals surface area (Å²) < 4.78 is 14.8. The van der Waals surface area contributed by atoms with Crippen molar-refractivity contribution in [3.8, 4) is 0 Å². The second-order valence-electron chi connectivity index (χ2n) is 4.78. The molecule has 0 spiro atoms. The second kappa shape index (κ2) is 4.00. The van der Waals surface area contributed by atoms with E-state index in [4.69, 9.17) is 5.73 Å². The third-order valence-electron chi connectivity index (χ3n) is 3.01. The van der Waals surface area contributed by atoms with Crippen LogP contribution in [0.2, 0.25) is 0 Å². The molecule has 0 aliphatic rings. The summed E-state index contributed by atoms with van der Waals surface area (Å²) in [6.45, 7) is 4.31. The van der Waals surface area contributed by atoms with Gasteiger partial charge in [0, 0.05) is 5.54 Å². The van der Waals surface area contributed by atoms with Gasteiger partial charge in [0.2, 0.25) is 0 Å². The number of H-pyrrole nitrogens is 1. The Bertz CT molecular complexity index is 597. The molecule has 0 amide bonds. The number of nitrogens with zero attached hydrogens (tertiary/aromatic N) is 1. The van der Waals surface area contributed by atoms with E-state index in [9.17, 15) is 9.18 Å². The van der Waals surface area contributed by atoms with E-state index in [1.165, 1.54) is 12.1 Å². The lowest BCUT2D eigenvalue weighted by molar-refractivity contribution is 0.333. The third-order valence-corrected chi connectivity index (χ3v) is 3.01. The summed E-state index contributed by atoms with van der Waals surface area (Å²) in [7, 11) is 0. The Morgan fingerprint density at radius 3 is 2.82 bits per heavy atom. The van der Waals surface area contributed by atoms with Crippen LogP contribution < -0.4 is 11.4 Å². The highest BCUT2D eigenvalue weighted by Gasteiger charge is 2.24. The minimum Gasteiger partial charge on any atom is -0.330 e. The lowest BCUT2D eigenvalue weighted by Gasteiger charge is -2.25. The molecule has 3 N–H and O–H groups in total. The molecule has 0 atom stereocenters. The average molecular weight is 237 g/mol. The Labute approximate surface area is 98.2 Å². The summed E-state index contributed by atoms with van der Waals surface area (Å²) in [6, 6.07) is 4.27. The number of imidazole rings is 1. The van der Waals surface area contributed by atoms with Gasteiger partial charge in [0.25, 0.3) is 0 Å². The minimum absolute atomic E-state index is 0.232. The maximum atomic E-state index is 13.2. The smallest absolute Gasteiger partial charge is 0.326 e. The van der Waals surface area contributed by atoms with Gasteiger partial charge >= 0.3 is 5.69 Å². The summed E-state index contributed by atoms with van der Waals surface area (Å²) in [4.78, 5) is 14.6. The highest BCUT2D eigenvalue weighted by Crippen LogP contribution is 2.23. The van der Waals surface area contributed by atoms with Gasteiger partial charge in [0.05, 0.1) is 11.0 Å². The fraction of sp³-hybridized carbons (Fsp3) is 0.417. The van der Waals surface area contributed by atoms with Crippen LogP contribution in [0.5, 0.6) is 0 Å². The third kappa shape index (κ3) is 1.98. The van der Waals surface area contributed by atoms with Crippen molar-refractivity contribution >= 4 is 11.0 Å². The van der Waals surface area contributed by atoms with Crippen molar-refractivity contribution in [1.29, 1.82) is 0 Å². The van der Waals surface area contributed by atoms with E-state index in [0.717, 1.165) is 0 Å². The maximum absolute atomic E-state index is 13.2. The molecule has 5 heteroatoms. The molecule has 4 nitrogen and oxygen atoms in total. The number of hydrogen-bond donors (Lipinski definition) is 2. The molecule has 2 aromatic rings. The summed E-state index contributed by atoms with van der Waals surface area (Å²) in [5.41, 5.74) is 6.10. The van der Waals surface area contributed by atoms with E-state index < -0.39 is 5.54 Å². The van der Waals surface area contributed by atoms with E-state index in [2.05, 4.69) is 4.98 Å². The van der Waals surface area contributed by atoms with Crippen LogP contribution >= 0.6 is 0 Å². The Morgan fingerprint density at radius 2 is 2.18 bits per heavy atom. The summed E-state index contributed by atoms with van der Waals surface area (Å²) in [6.07, 6.45) is 0.649. The molecular weight excluding hydrogens is 221 g/mol. The van der Waals surface area contributed by atoms with Crippen molar-refractivity contribution in [3.05, 3.63) is 34.5 Å². The first-order chi connectivity index (χ1) is 7.95. The van der Waals surface area contributed by atoms with E-state index in [0.29, 0.717) is 24.0 Å². The number of nitrogens with one attached hydrogen (secondary N) is 1. The second-order valence-corrected chi connectivity index (χ2v) is 4.78. The van der Waals surface area contributed by atoms with E-state index in [1.54, 1.807) is 10.6 Å². The molecule has 0 saturated carbocycles. The molecule has 2 rings (SSSR count). The number of nitrogens with two attached hydrogens (primary N) is 1. The summed E-state index contributed by atoms with van der Waals surface area (Å²) >= 11 is 0. The van der Waals surface area contributed by atoms with Gasteiger partial charge in [-0.15, -0.1) is 0 Å². The summed E-state index contributed by atoms with van der Waals surface area (Å²) in [5.74, 6) is -0.353. The number of aromatic amines is 1. The minimum atomic E-state index is -0.433. The van der Waals surface area contributed by atoms with Gasteiger partial charge in [0.15, 0.2) is 0 Å². The molecule has 1 aromatic carbocycles. The van der Waals surface area contributed by atoms with E-state index >= 15 is 0 Å². The predicted molar refractivity (Wildman–Crippen MR) is 65.5 cm³/mol. The molecule has 0 saturated heterocycles. The Morgan fingerprint density at radius 1 is 1.47 bits per heavy atom. The van der Waals surface area contributed by atoms with Crippen molar-refractivity contribution in [1.82, 2.24) is 9.55 Å². The van der Waals surface area contributed by atoms with Crippen LogP contribution in [0, 0.1) is 5.82 Å². The topological polar surface area (TPSA) is 63.8 Å². The van der Waals surface area contributed by atoms with Crippen molar-refractivity contribution in [2.75, 3.05) is 6.54 Å². The zero-order valence-corrected chi connectivity index (χ0v) is 9.96. The van der Waals surface area contributed by atoms with Gasteiger partial charge in [-0.05, 0) is 45.0 Å². The van der Waals surface area contributed by atoms with E-state index in [-0.39, 0.29) is 11.5 Å². The number of aromatic nitrogens is 2. The van der Waals surface area contributed by atoms with Crippen LogP contribution in [-0.2, 0) is 5.54 Å². The van der Waals surface area contributed by atoms with Crippen LogP contribution in [0.25, 0.3) is 11.0 Å². The van der Waals surface area contributed by atoms with Gasteiger partial charge in [-0.1, -0.05) is 0 Å². The van der Waals surface area contributed by atoms with Gasteiger partial charge in [-0.25, -0.2) is 9.18 Å². The molecule has 92 valence electrons. The molecule has 0 unspecified atom stereocenters. The van der Waals surface area contributed by atoms with Crippen LogP contribution in [-0.4, -0.2) is 16.1 Å². The molecule has 0 aliphatic heterocycles. The standard InChI is InChI=1S/C12H16FN3O/c1-12(2,5-6-14)16-10-7-8(13)3-4-9(10)15-11(16)17/h3-4,7H,5-6,14H2,1-2H3,(H,15,17). The fourth-order valence-corrected chi connectivity index (χ4v) is 2.14. The molecule has 0 bridgehead atoms. The Balaban J connectivity index is 2.72. The lowest BCUT2D eigenvalue weighted by atomic mass is 10.0. The SMILES string of the molecule is CC(C)(CCN)n1c(=O)[nH]c2ccc(F)cc21. The number of rotatable bonds is 3. The highest BCUT2D eigenvalue weighted by molar-refractivity contribution is 5.75. The van der Waals surface area contributed by atoms with Crippen LogP contribution in [0.1, 0.15) is 20.3 Å². The van der Waals surface area contributed by atoms with Crippen molar-refractivity contribution < 1.29 is 4.39 Å². The average Bonchev–Trinajstić information content (AvgIpc) is 2.53. The normalized spacial score (nSPS) is 12.2. The zero-order valence-electron chi connectivity index (χ0n) is 9.96. The lowest BCUT2D eigenvalue weighted by Crippen LogP contribution is -2.36. The van der Waals surface area contributed by atoms with Crippen molar-refractivity contribution in [2.24, 2.45) is 5.73 Å². The highest BCUT2D eigenvalue weighted by atomic mass is 19.1. The van der Waals surface area contributed by atoms with Gasteiger partial charge in [-0.3, -0.25) is 4.57 Å². The van der Waals surface area contributed by atoms with Crippen LogP contribution in [0.3, 0.4) is 0 Å². The fourth-order valence-electron chi connectivity index (χ4n) is 2.14. The number of benzene rings is 1. The zero-order chi connectivity index (χ0) is 12.6. The molecule has 0 fully saturated rings. The molecule has 17 heavy (non-hydrogen) atoms. The quantitative estimate of drug-likeness (QED) is 0.850. The van der Waals surface area contributed by atoms with Gasteiger partial charge in [0.1, 0.15) is 5.82 Å². The molecule has 0 radical (unpaired) electrons. The first kappa shape index (κ1) is 11.9. The van der Waals surface area contributed by atoms with Crippen molar-refractivity contribution in [2.45, 2.75) is 25.8 Å².